The Balaban J connectivity index is 1.74. The first-order chi connectivity index (χ1) is 11.3. The van der Waals surface area contributed by atoms with E-state index in [0.717, 1.165) is 30.6 Å². The average Bonchev–Trinajstić information content (AvgIpc) is 3.11. The van der Waals surface area contributed by atoms with Crippen LogP contribution in [-0.4, -0.2) is 17.6 Å². The second-order valence-electron chi connectivity index (χ2n) is 5.62. The van der Waals surface area contributed by atoms with E-state index in [1.165, 1.54) is 11.8 Å². The van der Waals surface area contributed by atoms with Gasteiger partial charge in [-0.3, -0.25) is 4.79 Å². The molecule has 0 unspecified atom stereocenters. The number of rotatable bonds is 2. The lowest BCUT2D eigenvalue weighted by Gasteiger charge is -2.29. The van der Waals surface area contributed by atoms with E-state index in [2.05, 4.69) is 11.2 Å². The molecule has 0 N–H and O–H groups in total. The number of fused-ring (bicyclic) bond motifs is 1. The van der Waals surface area contributed by atoms with Crippen LogP contribution < -0.4 is 4.90 Å². The predicted molar refractivity (Wildman–Crippen MR) is 88.4 cm³/mol. The Morgan fingerprint density at radius 1 is 1.04 bits per heavy atom. The van der Waals surface area contributed by atoms with Crippen molar-refractivity contribution in [2.45, 2.75) is 12.8 Å². The van der Waals surface area contributed by atoms with Crippen LogP contribution in [0.5, 0.6) is 0 Å². The lowest BCUT2D eigenvalue weighted by Crippen LogP contribution is -2.35. The quantitative estimate of drug-likeness (QED) is 0.720. The van der Waals surface area contributed by atoms with Gasteiger partial charge in [0, 0.05) is 17.8 Å². The van der Waals surface area contributed by atoms with Crippen LogP contribution in [0.25, 0.3) is 11.3 Å². The molecule has 4 rings (SSSR count). The molecule has 0 aliphatic carbocycles. The molecule has 2 heterocycles. The van der Waals surface area contributed by atoms with Crippen molar-refractivity contribution in [2.75, 3.05) is 11.4 Å². The SMILES string of the molecule is O=C(c1cnoc1-c1ccccc1)N1CCCc2ccccc21. The Hall–Kier alpha value is -2.88. The van der Waals surface area contributed by atoms with E-state index in [9.17, 15) is 4.79 Å². The van der Waals surface area contributed by atoms with E-state index in [4.69, 9.17) is 4.52 Å². The predicted octanol–water partition coefficient (Wildman–Crippen LogP) is 3.93. The topological polar surface area (TPSA) is 46.3 Å². The lowest BCUT2D eigenvalue weighted by molar-refractivity contribution is 0.0985. The number of carbonyl (C=O) groups is 1. The van der Waals surface area contributed by atoms with Crippen LogP contribution in [0.3, 0.4) is 0 Å². The van der Waals surface area contributed by atoms with Crippen molar-refractivity contribution in [3.63, 3.8) is 0 Å². The molecule has 4 heteroatoms. The van der Waals surface area contributed by atoms with E-state index in [1.807, 2.05) is 53.4 Å². The minimum Gasteiger partial charge on any atom is -0.355 e. The van der Waals surface area contributed by atoms with Crippen LogP contribution in [0.15, 0.2) is 65.3 Å². The first kappa shape index (κ1) is 13.8. The van der Waals surface area contributed by atoms with Crippen LogP contribution in [0.4, 0.5) is 5.69 Å². The van der Waals surface area contributed by atoms with Gasteiger partial charge in [0.05, 0.1) is 6.20 Å². The minimum absolute atomic E-state index is 0.0581. The Kier molecular flexibility index (Phi) is 3.42. The molecule has 0 fully saturated rings. The number of nitrogens with zero attached hydrogens (tertiary/aromatic N) is 2. The van der Waals surface area contributed by atoms with E-state index in [0.29, 0.717) is 11.3 Å². The number of hydrogen-bond donors (Lipinski definition) is 0. The molecule has 1 aromatic heterocycles. The van der Waals surface area contributed by atoms with Gasteiger partial charge in [-0.15, -0.1) is 0 Å². The van der Waals surface area contributed by atoms with E-state index < -0.39 is 0 Å². The molecular weight excluding hydrogens is 288 g/mol. The van der Waals surface area contributed by atoms with Crippen molar-refractivity contribution in [3.8, 4) is 11.3 Å². The molecule has 23 heavy (non-hydrogen) atoms. The maximum atomic E-state index is 13.0. The van der Waals surface area contributed by atoms with Crippen LogP contribution in [0, 0.1) is 0 Å². The summed E-state index contributed by atoms with van der Waals surface area (Å²) in [5.74, 6) is 0.468. The van der Waals surface area contributed by atoms with Gasteiger partial charge < -0.3 is 9.42 Å². The molecule has 1 aliphatic rings. The maximum absolute atomic E-state index is 13.0. The number of aryl methyl sites for hydroxylation is 1. The first-order valence-electron chi connectivity index (χ1n) is 7.74. The summed E-state index contributed by atoms with van der Waals surface area (Å²) in [6.07, 6.45) is 3.49. The molecule has 0 bridgehead atoms. The van der Waals surface area contributed by atoms with Gasteiger partial charge in [0.2, 0.25) is 0 Å². The second-order valence-corrected chi connectivity index (χ2v) is 5.62. The summed E-state index contributed by atoms with van der Waals surface area (Å²) < 4.78 is 5.35. The highest BCUT2D eigenvalue weighted by atomic mass is 16.5. The standard InChI is InChI=1S/C19H16N2O2/c22-19(21-12-6-10-14-7-4-5-11-17(14)21)16-13-20-23-18(16)15-8-2-1-3-9-15/h1-5,7-9,11,13H,6,10,12H2. The summed E-state index contributed by atoms with van der Waals surface area (Å²) >= 11 is 0. The van der Waals surface area contributed by atoms with Gasteiger partial charge >= 0.3 is 0 Å². The number of hydrogen-bond acceptors (Lipinski definition) is 3. The highest BCUT2D eigenvalue weighted by molar-refractivity contribution is 6.09. The lowest BCUT2D eigenvalue weighted by atomic mass is 10.0. The number of carbonyl (C=O) groups excluding carboxylic acids is 1. The zero-order valence-electron chi connectivity index (χ0n) is 12.6. The van der Waals surface area contributed by atoms with Crippen LogP contribution in [-0.2, 0) is 6.42 Å². The molecule has 0 saturated carbocycles. The van der Waals surface area contributed by atoms with Gasteiger partial charge in [0.25, 0.3) is 5.91 Å². The number of para-hydroxylation sites is 1. The summed E-state index contributed by atoms with van der Waals surface area (Å²) in [6, 6.07) is 17.7. The van der Waals surface area contributed by atoms with Crippen molar-refractivity contribution >= 4 is 11.6 Å². The van der Waals surface area contributed by atoms with Crippen molar-refractivity contribution < 1.29 is 9.32 Å². The molecule has 0 radical (unpaired) electrons. The summed E-state index contributed by atoms with van der Waals surface area (Å²) in [7, 11) is 0. The number of aromatic nitrogens is 1. The van der Waals surface area contributed by atoms with Crippen molar-refractivity contribution in [3.05, 3.63) is 71.9 Å². The third-order valence-electron chi connectivity index (χ3n) is 4.19. The molecule has 3 aromatic rings. The Morgan fingerprint density at radius 2 is 1.83 bits per heavy atom. The number of amides is 1. The average molecular weight is 304 g/mol. The van der Waals surface area contributed by atoms with Gasteiger partial charge in [-0.05, 0) is 24.5 Å². The molecule has 0 spiro atoms. The molecule has 0 saturated heterocycles. The number of benzene rings is 2. The maximum Gasteiger partial charge on any atom is 0.263 e. The van der Waals surface area contributed by atoms with Crippen LogP contribution >= 0.6 is 0 Å². The van der Waals surface area contributed by atoms with Crippen molar-refractivity contribution in [1.82, 2.24) is 5.16 Å². The zero-order valence-corrected chi connectivity index (χ0v) is 12.6. The Morgan fingerprint density at radius 3 is 2.70 bits per heavy atom. The van der Waals surface area contributed by atoms with Gasteiger partial charge in [-0.25, -0.2) is 0 Å². The van der Waals surface area contributed by atoms with Gasteiger partial charge in [0.15, 0.2) is 5.76 Å². The molecule has 1 aliphatic heterocycles. The van der Waals surface area contributed by atoms with Gasteiger partial charge in [0.1, 0.15) is 5.56 Å². The number of anilines is 1. The van der Waals surface area contributed by atoms with Gasteiger partial charge in [-0.1, -0.05) is 53.7 Å². The fraction of sp³-hybridized carbons (Fsp3) is 0.158. The summed E-state index contributed by atoms with van der Waals surface area (Å²) in [6.45, 7) is 0.718. The van der Waals surface area contributed by atoms with Crippen LogP contribution in [0.1, 0.15) is 22.3 Å². The van der Waals surface area contributed by atoms with Crippen molar-refractivity contribution in [2.24, 2.45) is 0 Å². The molecular formula is C19H16N2O2. The van der Waals surface area contributed by atoms with Crippen LogP contribution in [0.2, 0.25) is 0 Å². The summed E-state index contributed by atoms with van der Waals surface area (Å²) in [5, 5.41) is 3.85. The fourth-order valence-corrected chi connectivity index (χ4v) is 3.08. The third kappa shape index (κ3) is 2.42. The molecule has 0 atom stereocenters. The highest BCUT2D eigenvalue weighted by Gasteiger charge is 2.27. The molecule has 4 nitrogen and oxygen atoms in total. The molecule has 1 amide bonds. The normalized spacial score (nSPS) is 13.7. The van der Waals surface area contributed by atoms with E-state index >= 15 is 0 Å². The highest BCUT2D eigenvalue weighted by Crippen LogP contribution is 2.31. The van der Waals surface area contributed by atoms with Gasteiger partial charge in [-0.2, -0.15) is 0 Å². The summed E-state index contributed by atoms with van der Waals surface area (Å²) in [4.78, 5) is 14.9. The molecule has 2 aromatic carbocycles. The first-order valence-corrected chi connectivity index (χ1v) is 7.74. The smallest absolute Gasteiger partial charge is 0.263 e. The monoisotopic (exact) mass is 304 g/mol. The zero-order chi connectivity index (χ0) is 15.6. The molecule has 114 valence electrons. The Labute approximate surface area is 134 Å². The second kappa shape index (κ2) is 5.72. The summed E-state index contributed by atoms with van der Waals surface area (Å²) in [5.41, 5.74) is 3.57. The van der Waals surface area contributed by atoms with Crippen molar-refractivity contribution in [1.29, 1.82) is 0 Å². The Bertz CT molecular complexity index is 839. The fourth-order valence-electron chi connectivity index (χ4n) is 3.08. The van der Waals surface area contributed by atoms with E-state index in [1.54, 1.807) is 0 Å². The largest absolute Gasteiger partial charge is 0.355 e. The minimum atomic E-state index is -0.0581. The van der Waals surface area contributed by atoms with E-state index in [-0.39, 0.29) is 5.91 Å². The third-order valence-corrected chi connectivity index (χ3v) is 4.19.